The van der Waals surface area contributed by atoms with Gasteiger partial charge in [0, 0.05) is 38.8 Å². The minimum Gasteiger partial charge on any atom is -0.393 e. The summed E-state index contributed by atoms with van der Waals surface area (Å²) >= 11 is 0. The van der Waals surface area contributed by atoms with Crippen LogP contribution in [0.2, 0.25) is 6.04 Å². The van der Waals surface area contributed by atoms with Crippen LogP contribution in [-0.2, 0) is 18.1 Å². The molecule has 0 saturated heterocycles. The lowest BCUT2D eigenvalue weighted by Gasteiger charge is -2.32. The summed E-state index contributed by atoms with van der Waals surface area (Å²) in [6, 6.07) is 0.745. The molecule has 0 fully saturated rings. The first kappa shape index (κ1) is 27.5. The van der Waals surface area contributed by atoms with E-state index in [-0.39, 0.29) is 17.4 Å². The molecule has 168 valence electrons. The van der Waals surface area contributed by atoms with Crippen molar-refractivity contribution in [1.29, 1.82) is 0 Å². The van der Waals surface area contributed by atoms with Crippen molar-refractivity contribution in [1.82, 2.24) is 5.32 Å². The van der Waals surface area contributed by atoms with Gasteiger partial charge in [-0.25, -0.2) is 0 Å². The molecule has 2 N–H and O–H groups in total. The predicted molar refractivity (Wildman–Crippen MR) is 116 cm³/mol. The summed E-state index contributed by atoms with van der Waals surface area (Å²) in [6.07, 6.45) is 5.43. The summed E-state index contributed by atoms with van der Waals surface area (Å²) < 4.78 is 17.8. The summed E-state index contributed by atoms with van der Waals surface area (Å²) in [5.74, 6) is 0.0544. The van der Waals surface area contributed by atoms with Crippen molar-refractivity contribution < 1.29 is 23.2 Å². The Morgan fingerprint density at radius 2 is 1.54 bits per heavy atom. The average Bonchev–Trinajstić information content (AvgIpc) is 2.64. The van der Waals surface area contributed by atoms with Crippen LogP contribution in [0.3, 0.4) is 0 Å². The molecule has 28 heavy (non-hydrogen) atoms. The molecule has 0 aromatic heterocycles. The van der Waals surface area contributed by atoms with Gasteiger partial charge in [-0.3, -0.25) is 4.79 Å². The van der Waals surface area contributed by atoms with E-state index in [4.69, 9.17) is 13.3 Å². The number of unbranched alkanes of at least 4 members (excludes halogenated alkanes) is 1. The molecule has 0 aliphatic heterocycles. The summed E-state index contributed by atoms with van der Waals surface area (Å²) in [4.78, 5) is 12.1. The van der Waals surface area contributed by atoms with Crippen LogP contribution in [0.25, 0.3) is 0 Å². The van der Waals surface area contributed by atoms with Gasteiger partial charge in [0.25, 0.3) is 0 Å². The van der Waals surface area contributed by atoms with Crippen LogP contribution >= 0.6 is 0 Å². The number of hydrogen-bond acceptors (Lipinski definition) is 5. The molecule has 0 aromatic rings. The molecule has 0 rings (SSSR count). The lowest BCUT2D eigenvalue weighted by Crippen LogP contribution is -2.47. The Balaban J connectivity index is 4.34. The first-order chi connectivity index (χ1) is 13.2. The SMILES string of the molecule is CCCCC(O)CCCC(=O)NCC(C)(C)CC[Si](OCC)(OCC)OCC. The number of hydrogen-bond donors (Lipinski definition) is 2. The summed E-state index contributed by atoms with van der Waals surface area (Å²) in [5, 5.41) is 12.9. The highest BCUT2D eigenvalue weighted by molar-refractivity contribution is 6.60. The molecule has 0 radical (unpaired) electrons. The van der Waals surface area contributed by atoms with Crippen LogP contribution in [0, 0.1) is 5.41 Å². The van der Waals surface area contributed by atoms with Gasteiger partial charge < -0.3 is 23.7 Å². The van der Waals surface area contributed by atoms with E-state index in [0.717, 1.165) is 38.1 Å². The molecule has 0 bridgehead atoms. The van der Waals surface area contributed by atoms with Gasteiger partial charge in [-0.1, -0.05) is 33.6 Å². The maximum absolute atomic E-state index is 12.1. The van der Waals surface area contributed by atoms with E-state index in [1.165, 1.54) is 0 Å². The average molecular weight is 420 g/mol. The molecule has 1 atom stereocenters. The van der Waals surface area contributed by atoms with Gasteiger partial charge in [0.1, 0.15) is 0 Å². The molecule has 1 unspecified atom stereocenters. The standard InChI is InChI=1S/C21H45NO5Si/c1-7-11-13-19(23)14-12-15-20(24)22-18-21(5,6)16-17-28(25-8-2,26-9-3)27-10-4/h19,23H,7-18H2,1-6H3,(H,22,24). The molecular formula is C21H45NO5Si. The molecule has 7 heteroatoms. The summed E-state index contributed by atoms with van der Waals surface area (Å²) in [7, 11) is -2.65. The lowest BCUT2D eigenvalue weighted by molar-refractivity contribution is -0.121. The van der Waals surface area contributed by atoms with Crippen LogP contribution in [0.4, 0.5) is 0 Å². The van der Waals surface area contributed by atoms with Gasteiger partial charge in [-0.2, -0.15) is 0 Å². The number of nitrogens with one attached hydrogen (secondary N) is 1. The summed E-state index contributed by atoms with van der Waals surface area (Å²) in [6.45, 7) is 14.6. The van der Waals surface area contributed by atoms with Crippen molar-refractivity contribution in [3.05, 3.63) is 0 Å². The van der Waals surface area contributed by atoms with E-state index >= 15 is 0 Å². The number of carbonyl (C=O) groups is 1. The minimum absolute atomic E-state index is 0.0544. The molecule has 1 amide bonds. The van der Waals surface area contributed by atoms with Crippen molar-refractivity contribution in [3.8, 4) is 0 Å². The number of aliphatic hydroxyl groups excluding tert-OH is 1. The largest absolute Gasteiger partial charge is 0.500 e. The van der Waals surface area contributed by atoms with Crippen LogP contribution in [0.15, 0.2) is 0 Å². The second-order valence-corrected chi connectivity index (χ2v) is 10.8. The monoisotopic (exact) mass is 419 g/mol. The quantitative estimate of drug-likeness (QED) is 0.324. The normalized spacial score (nSPS) is 13.5. The Bertz CT molecular complexity index is 389. The minimum atomic E-state index is -2.65. The Morgan fingerprint density at radius 3 is 2.04 bits per heavy atom. The second kappa shape index (κ2) is 15.4. The third-order valence-electron chi connectivity index (χ3n) is 4.80. The zero-order valence-electron chi connectivity index (χ0n) is 19.1. The van der Waals surface area contributed by atoms with Crippen molar-refractivity contribution in [2.45, 2.75) is 98.6 Å². The number of carbonyl (C=O) groups excluding carboxylic acids is 1. The van der Waals surface area contributed by atoms with Gasteiger partial charge in [0.2, 0.25) is 5.91 Å². The van der Waals surface area contributed by atoms with Crippen LogP contribution in [0.1, 0.15) is 86.5 Å². The Kier molecular flexibility index (Phi) is 15.1. The van der Waals surface area contributed by atoms with E-state index in [1.807, 2.05) is 20.8 Å². The van der Waals surface area contributed by atoms with E-state index in [1.54, 1.807) is 0 Å². The van der Waals surface area contributed by atoms with Gasteiger partial charge in [-0.05, 0) is 51.9 Å². The van der Waals surface area contributed by atoms with Crippen molar-refractivity contribution in [2.75, 3.05) is 26.4 Å². The van der Waals surface area contributed by atoms with E-state index in [9.17, 15) is 9.90 Å². The van der Waals surface area contributed by atoms with Crippen molar-refractivity contribution >= 4 is 14.7 Å². The van der Waals surface area contributed by atoms with E-state index in [0.29, 0.717) is 39.2 Å². The highest BCUT2D eigenvalue weighted by Gasteiger charge is 2.41. The Labute approximate surface area is 174 Å². The third kappa shape index (κ3) is 12.9. The first-order valence-electron chi connectivity index (χ1n) is 11.1. The topological polar surface area (TPSA) is 77.0 Å². The van der Waals surface area contributed by atoms with Gasteiger partial charge in [0.15, 0.2) is 0 Å². The summed E-state index contributed by atoms with van der Waals surface area (Å²) in [5.41, 5.74) is -0.0696. The molecule has 6 nitrogen and oxygen atoms in total. The molecule has 0 aliphatic carbocycles. The maximum Gasteiger partial charge on any atom is 0.500 e. The highest BCUT2D eigenvalue weighted by atomic mass is 28.4. The highest BCUT2D eigenvalue weighted by Crippen LogP contribution is 2.28. The van der Waals surface area contributed by atoms with E-state index in [2.05, 4.69) is 26.1 Å². The van der Waals surface area contributed by atoms with Gasteiger partial charge in [-0.15, -0.1) is 0 Å². The molecular weight excluding hydrogens is 374 g/mol. The first-order valence-corrected chi connectivity index (χ1v) is 13.0. The molecule has 0 aliphatic rings. The fraction of sp³-hybridized carbons (Fsp3) is 0.952. The zero-order valence-corrected chi connectivity index (χ0v) is 20.1. The van der Waals surface area contributed by atoms with Crippen LogP contribution in [-0.4, -0.2) is 52.3 Å². The number of rotatable bonds is 18. The number of amides is 1. The maximum atomic E-state index is 12.1. The molecule has 0 saturated carbocycles. The fourth-order valence-corrected chi connectivity index (χ4v) is 6.08. The van der Waals surface area contributed by atoms with E-state index < -0.39 is 8.80 Å². The molecule has 0 heterocycles. The van der Waals surface area contributed by atoms with Gasteiger partial charge >= 0.3 is 8.80 Å². The van der Waals surface area contributed by atoms with Gasteiger partial charge in [0.05, 0.1) is 6.10 Å². The van der Waals surface area contributed by atoms with Crippen LogP contribution < -0.4 is 5.32 Å². The molecule has 0 spiro atoms. The van der Waals surface area contributed by atoms with Crippen molar-refractivity contribution in [3.63, 3.8) is 0 Å². The lowest BCUT2D eigenvalue weighted by atomic mass is 9.90. The second-order valence-electron chi connectivity index (χ2n) is 8.11. The smallest absolute Gasteiger partial charge is 0.393 e. The Hall–Kier alpha value is -0.473. The molecule has 0 aromatic carbocycles. The fourth-order valence-electron chi connectivity index (χ4n) is 3.09. The predicted octanol–water partition coefficient (Wildman–Crippen LogP) is 4.29. The Morgan fingerprint density at radius 1 is 1.00 bits per heavy atom. The third-order valence-corrected chi connectivity index (χ3v) is 7.84. The van der Waals surface area contributed by atoms with Crippen molar-refractivity contribution in [2.24, 2.45) is 5.41 Å². The zero-order chi connectivity index (χ0) is 21.5. The van der Waals surface area contributed by atoms with Crippen LogP contribution in [0.5, 0.6) is 0 Å². The number of aliphatic hydroxyl groups is 1.